The first-order valence-electron chi connectivity index (χ1n) is 6.98. The van der Waals surface area contributed by atoms with Gasteiger partial charge in [0, 0.05) is 24.6 Å². The first kappa shape index (κ1) is 14.1. The van der Waals surface area contributed by atoms with Gasteiger partial charge >= 0.3 is 6.18 Å². The van der Waals surface area contributed by atoms with E-state index in [1.165, 1.54) is 31.2 Å². The second-order valence-corrected chi connectivity index (χ2v) is 5.27. The molecule has 1 aliphatic rings. The Morgan fingerprint density at radius 2 is 2.00 bits per heavy atom. The van der Waals surface area contributed by atoms with Crippen LogP contribution in [0.4, 0.5) is 13.2 Å². The molecule has 0 spiro atoms. The van der Waals surface area contributed by atoms with Crippen LogP contribution in [0.25, 0.3) is 11.3 Å². The highest BCUT2D eigenvalue weighted by molar-refractivity contribution is 5.64. The molecule has 3 nitrogen and oxygen atoms in total. The third kappa shape index (κ3) is 3.44. The predicted molar refractivity (Wildman–Crippen MR) is 73.8 cm³/mol. The van der Waals surface area contributed by atoms with E-state index in [-0.39, 0.29) is 5.56 Å². The van der Waals surface area contributed by atoms with Gasteiger partial charge in [0.15, 0.2) is 0 Å². The highest BCUT2D eigenvalue weighted by Gasteiger charge is 2.33. The summed E-state index contributed by atoms with van der Waals surface area (Å²) < 4.78 is 39.0. The highest BCUT2D eigenvalue weighted by Crippen LogP contribution is 2.36. The molecule has 6 heteroatoms. The van der Waals surface area contributed by atoms with Crippen molar-refractivity contribution >= 4 is 0 Å². The van der Waals surface area contributed by atoms with Crippen molar-refractivity contribution in [3.63, 3.8) is 0 Å². The molecule has 0 unspecified atom stereocenters. The monoisotopic (exact) mass is 295 g/mol. The summed E-state index contributed by atoms with van der Waals surface area (Å²) in [5.74, 6) is 0.704. The van der Waals surface area contributed by atoms with Crippen LogP contribution in [0.5, 0.6) is 0 Å². The van der Waals surface area contributed by atoms with Gasteiger partial charge in [-0.15, -0.1) is 0 Å². The van der Waals surface area contributed by atoms with E-state index in [0.717, 1.165) is 12.6 Å². The summed E-state index contributed by atoms with van der Waals surface area (Å²) in [6.07, 6.45) is 0.210. The number of alkyl halides is 3. The van der Waals surface area contributed by atoms with E-state index >= 15 is 0 Å². The van der Waals surface area contributed by atoms with Gasteiger partial charge in [0.1, 0.15) is 5.82 Å². The third-order valence-electron chi connectivity index (χ3n) is 3.52. The van der Waals surface area contributed by atoms with Crippen molar-refractivity contribution in [1.29, 1.82) is 0 Å². The number of rotatable bonds is 5. The number of hydrogen-bond donors (Lipinski definition) is 2. The maximum Gasteiger partial charge on any atom is 0.417 e. The van der Waals surface area contributed by atoms with Gasteiger partial charge in [-0.2, -0.15) is 13.2 Å². The summed E-state index contributed by atoms with van der Waals surface area (Å²) in [5.41, 5.74) is -0.0976. The van der Waals surface area contributed by atoms with E-state index in [0.29, 0.717) is 24.0 Å². The van der Waals surface area contributed by atoms with Crippen LogP contribution in [0, 0.1) is 0 Å². The summed E-state index contributed by atoms with van der Waals surface area (Å²) >= 11 is 0. The number of aromatic amines is 1. The van der Waals surface area contributed by atoms with Crippen LogP contribution in [-0.2, 0) is 12.6 Å². The summed E-state index contributed by atoms with van der Waals surface area (Å²) in [4.78, 5) is 7.16. The maximum atomic E-state index is 13.0. The topological polar surface area (TPSA) is 40.7 Å². The van der Waals surface area contributed by atoms with Crippen LogP contribution in [0.1, 0.15) is 24.2 Å². The van der Waals surface area contributed by atoms with Crippen molar-refractivity contribution in [2.24, 2.45) is 0 Å². The van der Waals surface area contributed by atoms with Crippen molar-refractivity contribution in [1.82, 2.24) is 15.3 Å². The lowest BCUT2D eigenvalue weighted by Gasteiger charge is -2.11. The van der Waals surface area contributed by atoms with Gasteiger partial charge in [0.2, 0.25) is 0 Å². The van der Waals surface area contributed by atoms with Crippen LogP contribution in [-0.4, -0.2) is 22.6 Å². The minimum absolute atomic E-state index is 0.138. The second-order valence-electron chi connectivity index (χ2n) is 5.27. The fourth-order valence-electron chi connectivity index (χ4n) is 2.27. The molecule has 0 amide bonds. The van der Waals surface area contributed by atoms with E-state index in [4.69, 9.17) is 0 Å². The summed E-state index contributed by atoms with van der Waals surface area (Å²) in [6, 6.07) is 6.15. The second kappa shape index (κ2) is 5.52. The van der Waals surface area contributed by atoms with Gasteiger partial charge in [-0.3, -0.25) is 0 Å². The first-order chi connectivity index (χ1) is 10.0. The van der Waals surface area contributed by atoms with Crippen LogP contribution in [0.15, 0.2) is 30.5 Å². The van der Waals surface area contributed by atoms with Gasteiger partial charge in [0.05, 0.1) is 17.5 Å². The third-order valence-corrected chi connectivity index (χ3v) is 3.52. The van der Waals surface area contributed by atoms with Gasteiger partial charge in [-0.25, -0.2) is 4.98 Å². The molecular formula is C15H16F3N3. The summed E-state index contributed by atoms with van der Waals surface area (Å²) in [6.45, 7) is 0.790. The summed E-state index contributed by atoms with van der Waals surface area (Å²) in [7, 11) is 0. The number of benzene rings is 1. The molecular weight excluding hydrogens is 279 g/mol. The molecule has 1 aromatic heterocycles. The normalized spacial score (nSPS) is 15.4. The molecule has 0 saturated heterocycles. The zero-order valence-corrected chi connectivity index (χ0v) is 11.4. The molecule has 3 rings (SSSR count). The minimum Gasteiger partial charge on any atom is -0.342 e. The predicted octanol–water partition coefficient (Wildman–Crippen LogP) is 3.39. The molecule has 0 radical (unpaired) electrons. The van der Waals surface area contributed by atoms with Crippen LogP contribution in [0.3, 0.4) is 0 Å². The largest absolute Gasteiger partial charge is 0.417 e. The lowest BCUT2D eigenvalue weighted by atomic mass is 10.1. The van der Waals surface area contributed by atoms with Crippen LogP contribution >= 0.6 is 0 Å². The SMILES string of the molecule is FC(F)(F)c1ccccc1-c1cnc(CCNC2CC2)[nH]1. The number of H-pyrrole nitrogens is 1. The number of nitrogens with zero attached hydrogens (tertiary/aromatic N) is 1. The van der Waals surface area contributed by atoms with Gasteiger partial charge in [-0.1, -0.05) is 18.2 Å². The Kier molecular flexibility index (Phi) is 3.71. The Bertz CT molecular complexity index is 615. The van der Waals surface area contributed by atoms with Crippen molar-refractivity contribution in [2.45, 2.75) is 31.5 Å². The molecule has 2 aromatic rings. The lowest BCUT2D eigenvalue weighted by Crippen LogP contribution is -2.19. The van der Waals surface area contributed by atoms with Crippen LogP contribution < -0.4 is 5.32 Å². The Hall–Kier alpha value is -1.82. The molecule has 0 atom stereocenters. The van der Waals surface area contributed by atoms with Gasteiger partial charge in [0.25, 0.3) is 0 Å². The van der Waals surface area contributed by atoms with Crippen LogP contribution in [0.2, 0.25) is 0 Å². The molecule has 112 valence electrons. The first-order valence-corrected chi connectivity index (χ1v) is 6.98. The molecule has 1 aromatic carbocycles. The van der Waals surface area contributed by atoms with E-state index in [2.05, 4.69) is 15.3 Å². The average molecular weight is 295 g/mol. The Morgan fingerprint density at radius 1 is 1.24 bits per heavy atom. The summed E-state index contributed by atoms with van der Waals surface area (Å²) in [5, 5.41) is 3.35. The number of nitrogens with one attached hydrogen (secondary N) is 2. The number of halogens is 3. The molecule has 21 heavy (non-hydrogen) atoms. The van der Waals surface area contributed by atoms with E-state index in [1.54, 1.807) is 6.07 Å². The Labute approximate surface area is 120 Å². The van der Waals surface area contributed by atoms with E-state index in [1.807, 2.05) is 0 Å². The molecule has 1 fully saturated rings. The van der Waals surface area contributed by atoms with Crippen molar-refractivity contribution in [3.8, 4) is 11.3 Å². The van der Waals surface area contributed by atoms with Crippen molar-refractivity contribution in [2.75, 3.05) is 6.54 Å². The highest BCUT2D eigenvalue weighted by atomic mass is 19.4. The fraction of sp³-hybridized carbons (Fsp3) is 0.400. The molecule has 1 heterocycles. The number of imidazole rings is 1. The average Bonchev–Trinajstić information content (AvgIpc) is 3.14. The van der Waals surface area contributed by atoms with E-state index < -0.39 is 11.7 Å². The minimum atomic E-state index is -4.37. The molecule has 0 bridgehead atoms. The molecule has 2 N–H and O–H groups in total. The zero-order chi connectivity index (χ0) is 14.9. The molecule has 0 aliphatic heterocycles. The molecule has 1 aliphatic carbocycles. The number of aromatic nitrogens is 2. The van der Waals surface area contributed by atoms with Crippen molar-refractivity contribution < 1.29 is 13.2 Å². The standard InChI is InChI=1S/C15H16F3N3/c16-15(17,18)12-4-2-1-3-11(12)13-9-20-14(21-13)7-8-19-10-5-6-10/h1-4,9-10,19H,5-8H2,(H,20,21). The number of hydrogen-bond acceptors (Lipinski definition) is 2. The zero-order valence-electron chi connectivity index (χ0n) is 11.4. The Balaban J connectivity index is 1.76. The molecule has 1 saturated carbocycles. The smallest absolute Gasteiger partial charge is 0.342 e. The Morgan fingerprint density at radius 3 is 2.71 bits per heavy atom. The fourth-order valence-corrected chi connectivity index (χ4v) is 2.27. The lowest BCUT2D eigenvalue weighted by molar-refractivity contribution is -0.137. The van der Waals surface area contributed by atoms with Crippen molar-refractivity contribution in [3.05, 3.63) is 41.9 Å². The van der Waals surface area contributed by atoms with Gasteiger partial charge < -0.3 is 10.3 Å². The van der Waals surface area contributed by atoms with E-state index in [9.17, 15) is 13.2 Å². The van der Waals surface area contributed by atoms with Gasteiger partial charge in [-0.05, 0) is 18.9 Å². The maximum absolute atomic E-state index is 13.0. The quantitative estimate of drug-likeness (QED) is 0.887.